The van der Waals surface area contributed by atoms with Crippen molar-refractivity contribution in [3.63, 3.8) is 0 Å². The molecule has 3 nitrogen and oxygen atoms in total. The third-order valence-corrected chi connectivity index (χ3v) is 2.29. The van der Waals surface area contributed by atoms with Crippen molar-refractivity contribution in [3.8, 4) is 0 Å². The molecule has 1 heterocycles. The Morgan fingerprint density at radius 1 is 1.50 bits per heavy atom. The first-order valence-corrected chi connectivity index (χ1v) is 4.95. The van der Waals surface area contributed by atoms with Crippen molar-refractivity contribution < 1.29 is 4.79 Å². The van der Waals surface area contributed by atoms with E-state index in [1.54, 1.807) is 17.3 Å². The van der Waals surface area contributed by atoms with Gasteiger partial charge in [-0.3, -0.25) is 9.78 Å². The lowest BCUT2D eigenvalue weighted by Crippen LogP contribution is -2.28. The fourth-order valence-corrected chi connectivity index (χ4v) is 1.39. The summed E-state index contributed by atoms with van der Waals surface area (Å²) in [5.74, 6) is 0. The summed E-state index contributed by atoms with van der Waals surface area (Å²) in [6.07, 6.45) is 4.30. The van der Waals surface area contributed by atoms with Crippen molar-refractivity contribution in [2.75, 3.05) is 13.1 Å². The number of amides is 1. The van der Waals surface area contributed by atoms with Gasteiger partial charge in [-0.15, -0.1) is 0 Å². The van der Waals surface area contributed by atoms with Crippen molar-refractivity contribution in [2.24, 2.45) is 0 Å². The summed E-state index contributed by atoms with van der Waals surface area (Å²) < 4.78 is 0. The fraction of sp³-hybridized carbons (Fsp3) is 0.400. The first-order chi connectivity index (χ1) is 6.74. The van der Waals surface area contributed by atoms with Crippen molar-refractivity contribution in [1.82, 2.24) is 9.88 Å². The number of hydrogen-bond acceptors (Lipinski definition) is 2. The smallest absolute Gasteiger partial charge is 0.316 e. The number of likely N-dealkylation sites (N-methyl/N-ethyl adjacent to an activating group) is 1. The molecule has 0 saturated carbocycles. The van der Waals surface area contributed by atoms with Crippen LogP contribution in [-0.2, 0) is 6.42 Å². The van der Waals surface area contributed by atoms with Crippen molar-refractivity contribution in [1.29, 1.82) is 0 Å². The Hall–Kier alpha value is -1.09. The second-order valence-corrected chi connectivity index (χ2v) is 3.26. The van der Waals surface area contributed by atoms with Crippen LogP contribution in [0.3, 0.4) is 0 Å². The zero-order valence-electron chi connectivity index (χ0n) is 8.11. The highest BCUT2D eigenvalue weighted by Crippen LogP contribution is 2.02. The minimum absolute atomic E-state index is 0.387. The summed E-state index contributed by atoms with van der Waals surface area (Å²) in [4.78, 5) is 16.4. The summed E-state index contributed by atoms with van der Waals surface area (Å²) in [5.41, 5.74) is 1.16. The zero-order valence-corrected chi connectivity index (χ0v) is 8.87. The highest BCUT2D eigenvalue weighted by atomic mass is 35.5. The molecule has 0 atom stereocenters. The molecule has 0 saturated heterocycles. The molecular weight excluding hydrogens is 200 g/mol. The lowest BCUT2D eigenvalue weighted by Gasteiger charge is -2.16. The highest BCUT2D eigenvalue weighted by Gasteiger charge is 2.07. The molecule has 0 aliphatic carbocycles. The number of pyridine rings is 1. The molecule has 76 valence electrons. The van der Waals surface area contributed by atoms with Crippen LogP contribution in [0.1, 0.15) is 12.5 Å². The van der Waals surface area contributed by atoms with Crippen molar-refractivity contribution in [2.45, 2.75) is 13.3 Å². The fourth-order valence-electron chi connectivity index (χ4n) is 1.18. The normalized spacial score (nSPS) is 9.86. The van der Waals surface area contributed by atoms with E-state index in [0.717, 1.165) is 12.0 Å². The number of halogens is 1. The van der Waals surface area contributed by atoms with Gasteiger partial charge in [-0.25, -0.2) is 0 Å². The van der Waals surface area contributed by atoms with Gasteiger partial charge in [0.1, 0.15) is 0 Å². The molecular formula is C10H13ClN2O. The molecule has 0 unspecified atom stereocenters. The first kappa shape index (κ1) is 11.0. The van der Waals surface area contributed by atoms with Crippen LogP contribution in [0.2, 0.25) is 0 Å². The third-order valence-electron chi connectivity index (χ3n) is 2.05. The van der Waals surface area contributed by atoms with Crippen LogP contribution in [0.5, 0.6) is 0 Å². The van der Waals surface area contributed by atoms with Gasteiger partial charge in [0.25, 0.3) is 0 Å². The zero-order chi connectivity index (χ0) is 10.4. The standard InChI is InChI=1S/C10H13ClN2O/c1-2-13(10(11)14)8-5-9-3-6-12-7-4-9/h3-4,6-7H,2,5,8H2,1H3. The Labute approximate surface area is 88.7 Å². The molecule has 14 heavy (non-hydrogen) atoms. The third kappa shape index (κ3) is 3.34. The average Bonchev–Trinajstić information content (AvgIpc) is 2.20. The van der Waals surface area contributed by atoms with Crippen LogP contribution in [0, 0.1) is 0 Å². The van der Waals surface area contributed by atoms with Gasteiger partial charge in [-0.2, -0.15) is 0 Å². The Kier molecular flexibility index (Phi) is 4.40. The number of carbonyl (C=O) groups is 1. The van der Waals surface area contributed by atoms with Gasteiger partial charge in [0.05, 0.1) is 0 Å². The molecule has 0 N–H and O–H groups in total. The number of aromatic nitrogens is 1. The summed E-state index contributed by atoms with van der Waals surface area (Å²) in [5, 5.41) is -0.387. The molecule has 1 amide bonds. The topological polar surface area (TPSA) is 33.2 Å². The van der Waals surface area contributed by atoms with E-state index in [-0.39, 0.29) is 5.37 Å². The highest BCUT2D eigenvalue weighted by molar-refractivity contribution is 6.62. The van der Waals surface area contributed by atoms with Crippen LogP contribution in [0.25, 0.3) is 0 Å². The molecule has 0 aliphatic heterocycles. The van der Waals surface area contributed by atoms with Crippen molar-refractivity contribution in [3.05, 3.63) is 30.1 Å². The Bertz CT molecular complexity index is 289. The predicted molar refractivity (Wildman–Crippen MR) is 56.4 cm³/mol. The van der Waals surface area contributed by atoms with Gasteiger partial charge in [-0.05, 0) is 42.6 Å². The Morgan fingerprint density at radius 2 is 2.14 bits per heavy atom. The van der Waals surface area contributed by atoms with Gasteiger partial charge in [-0.1, -0.05) is 0 Å². The predicted octanol–water partition coefficient (Wildman–Crippen LogP) is 2.30. The van der Waals surface area contributed by atoms with Crippen LogP contribution < -0.4 is 0 Å². The van der Waals surface area contributed by atoms with E-state index >= 15 is 0 Å². The number of nitrogens with zero attached hydrogens (tertiary/aromatic N) is 2. The Balaban J connectivity index is 2.44. The van der Waals surface area contributed by atoms with E-state index in [0.29, 0.717) is 13.1 Å². The Morgan fingerprint density at radius 3 is 2.64 bits per heavy atom. The van der Waals surface area contributed by atoms with Crippen LogP contribution in [0.4, 0.5) is 4.79 Å². The average molecular weight is 213 g/mol. The van der Waals surface area contributed by atoms with E-state index in [1.807, 2.05) is 19.1 Å². The molecule has 1 aromatic heterocycles. The monoisotopic (exact) mass is 212 g/mol. The lowest BCUT2D eigenvalue weighted by molar-refractivity contribution is 0.225. The molecule has 0 bridgehead atoms. The SMILES string of the molecule is CCN(CCc1ccncc1)C(=O)Cl. The lowest BCUT2D eigenvalue weighted by atomic mass is 10.2. The van der Waals surface area contributed by atoms with E-state index in [4.69, 9.17) is 11.6 Å². The molecule has 1 rings (SSSR count). The molecule has 0 fully saturated rings. The van der Waals surface area contributed by atoms with Gasteiger partial charge < -0.3 is 4.90 Å². The number of carbonyl (C=O) groups excluding carboxylic acids is 1. The maximum absolute atomic E-state index is 10.9. The molecule has 0 aliphatic rings. The van der Waals surface area contributed by atoms with Crippen LogP contribution >= 0.6 is 11.6 Å². The van der Waals surface area contributed by atoms with E-state index in [2.05, 4.69) is 4.98 Å². The minimum atomic E-state index is -0.387. The quantitative estimate of drug-likeness (QED) is 0.567. The van der Waals surface area contributed by atoms with E-state index in [1.165, 1.54) is 0 Å². The van der Waals surface area contributed by atoms with Gasteiger partial charge in [0.15, 0.2) is 0 Å². The maximum Gasteiger partial charge on any atom is 0.316 e. The summed E-state index contributed by atoms with van der Waals surface area (Å²) >= 11 is 5.38. The molecule has 4 heteroatoms. The molecule has 1 aromatic rings. The summed E-state index contributed by atoms with van der Waals surface area (Å²) in [6.45, 7) is 3.21. The summed E-state index contributed by atoms with van der Waals surface area (Å²) in [7, 11) is 0. The van der Waals surface area contributed by atoms with Crippen LogP contribution in [-0.4, -0.2) is 28.3 Å². The minimum Gasteiger partial charge on any atom is -0.329 e. The second-order valence-electron chi connectivity index (χ2n) is 2.94. The van der Waals surface area contributed by atoms with Gasteiger partial charge >= 0.3 is 5.37 Å². The van der Waals surface area contributed by atoms with Gasteiger partial charge in [0.2, 0.25) is 0 Å². The molecule has 0 spiro atoms. The molecule has 0 radical (unpaired) electrons. The van der Waals surface area contributed by atoms with Crippen LogP contribution in [0.15, 0.2) is 24.5 Å². The van der Waals surface area contributed by atoms with E-state index < -0.39 is 0 Å². The van der Waals surface area contributed by atoms with Crippen molar-refractivity contribution >= 4 is 17.0 Å². The molecule has 0 aromatic carbocycles. The first-order valence-electron chi connectivity index (χ1n) is 4.57. The number of hydrogen-bond donors (Lipinski definition) is 0. The van der Waals surface area contributed by atoms with Gasteiger partial charge in [0, 0.05) is 25.5 Å². The largest absolute Gasteiger partial charge is 0.329 e. The summed E-state index contributed by atoms with van der Waals surface area (Å²) in [6, 6.07) is 3.87. The second kappa shape index (κ2) is 5.60. The number of rotatable bonds is 4. The maximum atomic E-state index is 10.9. The van der Waals surface area contributed by atoms with E-state index in [9.17, 15) is 4.79 Å².